The van der Waals surface area contributed by atoms with Crippen LogP contribution in [0.15, 0.2) is 30.3 Å². The van der Waals surface area contributed by atoms with E-state index in [1.54, 1.807) is 19.9 Å². The lowest BCUT2D eigenvalue weighted by Crippen LogP contribution is -2.10. The highest BCUT2D eigenvalue weighted by Crippen LogP contribution is 2.28. The molecule has 1 atom stereocenters. The number of benzene rings is 2. The molecular weight excluding hydrogens is 395 g/mol. The van der Waals surface area contributed by atoms with E-state index in [0.717, 1.165) is 9.26 Å². The third kappa shape index (κ3) is 3.41. The maximum absolute atomic E-state index is 13.9. The number of rotatable bonds is 3. The molecule has 0 aromatic heterocycles. The van der Waals surface area contributed by atoms with Crippen LogP contribution in [0.1, 0.15) is 24.1 Å². The number of aryl methyl sites for hydroxylation is 1. The largest absolute Gasteiger partial charge is 0.378 e. The molecule has 0 aliphatic carbocycles. The molecule has 106 valence electrons. The first-order valence-electron chi connectivity index (χ1n) is 6.05. The first-order chi connectivity index (χ1) is 9.38. The minimum absolute atomic E-state index is 0.304. The summed E-state index contributed by atoms with van der Waals surface area (Å²) in [5, 5.41) is 3.81. The van der Waals surface area contributed by atoms with Crippen molar-refractivity contribution in [1.29, 1.82) is 0 Å². The van der Waals surface area contributed by atoms with Gasteiger partial charge in [-0.1, -0.05) is 11.6 Å². The van der Waals surface area contributed by atoms with Crippen LogP contribution in [0.2, 0.25) is 5.02 Å². The smallest absolute Gasteiger partial charge is 0.128 e. The molecule has 0 spiro atoms. The number of hydrogen-bond acceptors (Lipinski definition) is 1. The summed E-state index contributed by atoms with van der Waals surface area (Å²) in [6, 6.07) is 7.50. The summed E-state index contributed by atoms with van der Waals surface area (Å²) in [5.41, 5.74) is 1.45. The fourth-order valence-electron chi connectivity index (χ4n) is 1.91. The van der Waals surface area contributed by atoms with Gasteiger partial charge in [0.15, 0.2) is 0 Å². The number of hydrogen-bond donors (Lipinski definition) is 1. The lowest BCUT2D eigenvalue weighted by atomic mass is 10.0. The highest BCUT2D eigenvalue weighted by Gasteiger charge is 2.14. The highest BCUT2D eigenvalue weighted by atomic mass is 127. The van der Waals surface area contributed by atoms with E-state index in [0.29, 0.717) is 16.1 Å². The molecule has 0 bridgehead atoms. The van der Waals surface area contributed by atoms with Gasteiger partial charge in [-0.05, 0) is 72.3 Å². The first-order valence-corrected chi connectivity index (χ1v) is 7.51. The van der Waals surface area contributed by atoms with Crippen LogP contribution in [0.5, 0.6) is 0 Å². The molecule has 1 N–H and O–H groups in total. The molecule has 1 unspecified atom stereocenters. The Morgan fingerprint density at radius 1 is 1.15 bits per heavy atom. The fourth-order valence-corrected chi connectivity index (χ4v) is 2.94. The second-order valence-electron chi connectivity index (χ2n) is 4.61. The summed E-state index contributed by atoms with van der Waals surface area (Å²) in [4.78, 5) is 0. The number of anilines is 1. The van der Waals surface area contributed by atoms with Crippen LogP contribution in [0.4, 0.5) is 14.5 Å². The Morgan fingerprint density at radius 3 is 2.50 bits per heavy atom. The molecule has 0 aliphatic heterocycles. The number of halogens is 4. The van der Waals surface area contributed by atoms with Crippen molar-refractivity contribution in [3.05, 3.63) is 61.7 Å². The quantitative estimate of drug-likeness (QED) is 0.643. The van der Waals surface area contributed by atoms with Crippen molar-refractivity contribution >= 4 is 39.9 Å². The summed E-state index contributed by atoms with van der Waals surface area (Å²) in [7, 11) is 0. The predicted octanol–water partition coefficient (Wildman–Crippen LogP) is 5.70. The van der Waals surface area contributed by atoms with Crippen LogP contribution in [0, 0.1) is 22.1 Å². The van der Waals surface area contributed by atoms with E-state index in [1.807, 2.05) is 12.1 Å². The predicted molar refractivity (Wildman–Crippen MR) is 87.3 cm³/mol. The Morgan fingerprint density at radius 2 is 1.85 bits per heavy atom. The maximum Gasteiger partial charge on any atom is 0.128 e. The van der Waals surface area contributed by atoms with Crippen molar-refractivity contribution in [1.82, 2.24) is 0 Å². The minimum atomic E-state index is -0.409. The average Bonchev–Trinajstić information content (AvgIpc) is 2.37. The van der Waals surface area contributed by atoms with Gasteiger partial charge in [-0.2, -0.15) is 0 Å². The molecular formula is C15H13ClF2IN. The standard InChI is InChI=1S/C15H13ClF2IN/c1-8-5-13(18)11(7-12(8)17)9(2)20-15-4-3-10(16)6-14(15)19/h3-7,9,20H,1-2H3. The Hall–Kier alpha value is -0.880. The Balaban J connectivity index is 2.28. The molecule has 1 nitrogen and oxygen atoms in total. The molecule has 0 saturated carbocycles. The van der Waals surface area contributed by atoms with E-state index >= 15 is 0 Å². The second kappa shape index (κ2) is 6.26. The van der Waals surface area contributed by atoms with Gasteiger partial charge >= 0.3 is 0 Å². The molecule has 20 heavy (non-hydrogen) atoms. The third-order valence-electron chi connectivity index (χ3n) is 3.05. The van der Waals surface area contributed by atoms with Crippen molar-refractivity contribution in [2.75, 3.05) is 5.32 Å². The third-order valence-corrected chi connectivity index (χ3v) is 4.18. The lowest BCUT2D eigenvalue weighted by Gasteiger charge is -2.18. The number of nitrogens with one attached hydrogen (secondary N) is 1. The minimum Gasteiger partial charge on any atom is -0.378 e. The average molecular weight is 408 g/mol. The van der Waals surface area contributed by atoms with Crippen molar-refractivity contribution in [2.24, 2.45) is 0 Å². The Labute approximate surface area is 135 Å². The monoisotopic (exact) mass is 407 g/mol. The summed E-state index contributed by atoms with van der Waals surface area (Å²) in [5.74, 6) is -0.811. The molecule has 0 amide bonds. The van der Waals surface area contributed by atoms with Gasteiger partial charge in [0.05, 0.1) is 6.04 Å². The highest BCUT2D eigenvalue weighted by molar-refractivity contribution is 14.1. The SMILES string of the molecule is Cc1cc(F)c(C(C)Nc2ccc(Cl)cc2I)cc1F. The molecule has 0 saturated heterocycles. The van der Waals surface area contributed by atoms with Crippen molar-refractivity contribution in [3.63, 3.8) is 0 Å². The van der Waals surface area contributed by atoms with Gasteiger partial charge < -0.3 is 5.32 Å². The Bertz CT molecular complexity index is 646. The molecule has 2 aromatic carbocycles. The van der Waals surface area contributed by atoms with Crippen LogP contribution in [-0.2, 0) is 0 Å². The van der Waals surface area contributed by atoms with E-state index < -0.39 is 11.6 Å². The summed E-state index contributed by atoms with van der Waals surface area (Å²) < 4.78 is 28.4. The van der Waals surface area contributed by atoms with Crippen molar-refractivity contribution < 1.29 is 8.78 Å². The van der Waals surface area contributed by atoms with Crippen molar-refractivity contribution in [3.8, 4) is 0 Å². The normalized spacial score (nSPS) is 12.3. The van der Waals surface area contributed by atoms with Gasteiger partial charge in [0.1, 0.15) is 11.6 Å². The maximum atomic E-state index is 13.9. The van der Waals surface area contributed by atoms with Crippen molar-refractivity contribution in [2.45, 2.75) is 19.9 Å². The van der Waals surface area contributed by atoms with Crippen LogP contribution in [-0.4, -0.2) is 0 Å². The van der Waals surface area contributed by atoms with E-state index in [9.17, 15) is 8.78 Å². The van der Waals surface area contributed by atoms with E-state index in [4.69, 9.17) is 11.6 Å². The van der Waals surface area contributed by atoms with Gasteiger partial charge in [-0.15, -0.1) is 0 Å². The van der Waals surface area contributed by atoms with Crippen LogP contribution < -0.4 is 5.32 Å². The van der Waals surface area contributed by atoms with Gasteiger partial charge in [0, 0.05) is 19.8 Å². The van der Waals surface area contributed by atoms with Gasteiger partial charge in [0.25, 0.3) is 0 Å². The van der Waals surface area contributed by atoms with E-state index in [-0.39, 0.29) is 6.04 Å². The lowest BCUT2D eigenvalue weighted by molar-refractivity contribution is 0.571. The molecule has 0 radical (unpaired) electrons. The molecule has 0 fully saturated rings. The van der Waals surface area contributed by atoms with Gasteiger partial charge in [-0.3, -0.25) is 0 Å². The van der Waals surface area contributed by atoms with Crippen LogP contribution in [0.25, 0.3) is 0 Å². The summed E-state index contributed by atoms with van der Waals surface area (Å²) in [6.07, 6.45) is 0. The topological polar surface area (TPSA) is 12.0 Å². The molecule has 2 aromatic rings. The molecule has 5 heteroatoms. The Kier molecular flexibility index (Phi) is 4.86. The fraction of sp³-hybridized carbons (Fsp3) is 0.200. The zero-order valence-corrected chi connectivity index (χ0v) is 13.9. The first kappa shape index (κ1) is 15.5. The molecule has 0 aliphatic rings. The van der Waals surface area contributed by atoms with E-state index in [2.05, 4.69) is 27.9 Å². The van der Waals surface area contributed by atoms with E-state index in [1.165, 1.54) is 12.1 Å². The summed E-state index contributed by atoms with van der Waals surface area (Å²) in [6.45, 7) is 3.33. The zero-order chi connectivity index (χ0) is 14.9. The van der Waals surface area contributed by atoms with Gasteiger partial charge in [0.2, 0.25) is 0 Å². The summed E-state index contributed by atoms with van der Waals surface area (Å²) >= 11 is 8.04. The molecule has 2 rings (SSSR count). The molecule has 0 heterocycles. The van der Waals surface area contributed by atoms with Crippen LogP contribution >= 0.6 is 34.2 Å². The van der Waals surface area contributed by atoms with Crippen LogP contribution in [0.3, 0.4) is 0 Å². The van der Waals surface area contributed by atoms with Gasteiger partial charge in [-0.25, -0.2) is 8.78 Å². The second-order valence-corrected chi connectivity index (χ2v) is 6.21. The zero-order valence-electron chi connectivity index (χ0n) is 11.0.